The van der Waals surface area contributed by atoms with Gasteiger partial charge in [-0.2, -0.15) is 0 Å². The second kappa shape index (κ2) is 10.6. The Labute approximate surface area is 290 Å². The van der Waals surface area contributed by atoms with Crippen LogP contribution in [-0.2, 0) is 0 Å². The number of nitrogens with zero attached hydrogens (tertiary/aromatic N) is 1. The zero-order valence-electron chi connectivity index (χ0n) is 26.8. The van der Waals surface area contributed by atoms with Crippen LogP contribution < -0.4 is 4.90 Å². The molecule has 0 bridgehead atoms. The van der Waals surface area contributed by atoms with E-state index in [-0.39, 0.29) is 0 Å². The Morgan fingerprint density at radius 1 is 0.400 bits per heavy atom. The van der Waals surface area contributed by atoms with Crippen molar-refractivity contribution in [1.29, 1.82) is 0 Å². The minimum absolute atomic E-state index is 0.852. The number of fused-ring (bicyclic) bond motifs is 11. The zero-order chi connectivity index (χ0) is 32.8. The Bertz CT molecular complexity index is 3110. The van der Waals surface area contributed by atoms with Crippen LogP contribution in [0.15, 0.2) is 173 Å². The first-order valence-electron chi connectivity index (χ1n) is 16.8. The maximum atomic E-state index is 6.80. The highest BCUT2D eigenvalue weighted by Crippen LogP contribution is 2.51. The third-order valence-corrected chi connectivity index (χ3v) is 11.2. The summed E-state index contributed by atoms with van der Waals surface area (Å²) in [6.45, 7) is 0. The molecule has 11 aromatic rings. The SMILES string of the molecule is c1ccc2cc(-c3ccc(N(c4cccc5c4oc4ccccc45)c4cc5sc6ccccc6c5c5oc6ccccc6c45)cc3)ccc2c1. The van der Waals surface area contributed by atoms with Crippen LogP contribution in [0.2, 0.25) is 0 Å². The van der Waals surface area contributed by atoms with Crippen LogP contribution in [0, 0.1) is 0 Å². The predicted octanol–water partition coefficient (Wildman–Crippen LogP) is 14.1. The molecule has 0 amide bonds. The third-order valence-electron chi connectivity index (χ3n) is 10.0. The van der Waals surface area contributed by atoms with Crippen molar-refractivity contribution in [1.82, 2.24) is 0 Å². The van der Waals surface area contributed by atoms with Crippen LogP contribution in [-0.4, -0.2) is 0 Å². The lowest BCUT2D eigenvalue weighted by molar-refractivity contribution is 0.669. The predicted molar refractivity (Wildman–Crippen MR) is 212 cm³/mol. The fourth-order valence-corrected chi connectivity index (χ4v) is 8.88. The highest BCUT2D eigenvalue weighted by atomic mass is 32.1. The summed E-state index contributed by atoms with van der Waals surface area (Å²) in [6, 6.07) is 58.3. The number of rotatable bonds is 4. The van der Waals surface area contributed by atoms with Gasteiger partial charge < -0.3 is 13.7 Å². The Hall–Kier alpha value is -6.36. The molecule has 0 unspecified atom stereocenters. The summed E-state index contributed by atoms with van der Waals surface area (Å²) in [5, 5.41) is 9.22. The Morgan fingerprint density at radius 2 is 1.06 bits per heavy atom. The molecule has 0 radical (unpaired) electrons. The molecule has 0 aliphatic rings. The van der Waals surface area contributed by atoms with Gasteiger partial charge in [-0.05, 0) is 70.4 Å². The molecule has 0 N–H and O–H groups in total. The largest absolute Gasteiger partial charge is 0.455 e. The van der Waals surface area contributed by atoms with E-state index in [2.05, 4.69) is 150 Å². The second-order valence-corrected chi connectivity index (χ2v) is 13.9. The molecule has 8 aromatic carbocycles. The maximum absolute atomic E-state index is 6.80. The first-order valence-corrected chi connectivity index (χ1v) is 17.7. The highest BCUT2D eigenvalue weighted by Gasteiger charge is 2.26. The molecule has 50 heavy (non-hydrogen) atoms. The molecule has 4 heteroatoms. The van der Waals surface area contributed by atoms with Crippen molar-refractivity contribution in [2.75, 3.05) is 4.90 Å². The smallest absolute Gasteiger partial charge is 0.159 e. The molecule has 3 nitrogen and oxygen atoms in total. The van der Waals surface area contributed by atoms with Crippen molar-refractivity contribution in [3.63, 3.8) is 0 Å². The van der Waals surface area contributed by atoms with Crippen molar-refractivity contribution in [3.8, 4) is 11.1 Å². The molecule has 0 spiro atoms. The van der Waals surface area contributed by atoms with Crippen molar-refractivity contribution < 1.29 is 8.83 Å². The van der Waals surface area contributed by atoms with E-state index >= 15 is 0 Å². The quantitative estimate of drug-likeness (QED) is 0.189. The molecule has 0 aliphatic carbocycles. The van der Waals surface area contributed by atoms with E-state index in [0.29, 0.717) is 0 Å². The van der Waals surface area contributed by atoms with Gasteiger partial charge in [-0.25, -0.2) is 0 Å². The summed E-state index contributed by atoms with van der Waals surface area (Å²) in [4.78, 5) is 2.36. The lowest BCUT2D eigenvalue weighted by Crippen LogP contribution is -2.10. The fraction of sp³-hybridized carbons (Fsp3) is 0. The normalized spacial score (nSPS) is 12.0. The molecular weight excluding hydrogens is 631 g/mol. The van der Waals surface area contributed by atoms with Gasteiger partial charge in [0.2, 0.25) is 0 Å². The van der Waals surface area contributed by atoms with Gasteiger partial charge in [-0.3, -0.25) is 0 Å². The molecule has 3 heterocycles. The first-order chi connectivity index (χ1) is 24.8. The van der Waals surface area contributed by atoms with Crippen LogP contribution in [0.1, 0.15) is 0 Å². The summed E-state index contributed by atoms with van der Waals surface area (Å²) in [5.41, 5.74) is 8.93. The molecule has 11 rings (SSSR count). The van der Waals surface area contributed by atoms with Gasteiger partial charge in [-0.1, -0.05) is 115 Å². The Morgan fingerprint density at radius 3 is 1.92 bits per heavy atom. The molecule has 0 saturated carbocycles. The standard InChI is InChI=1S/C46H27NO2S/c1-2-11-30-26-31(21-20-28(30)10-1)29-22-24-32(25-23-29)47(37-16-9-15-34-33-12-3-6-17-39(33)48-45(34)37)38-27-42-44(36-14-5-8-19-41(36)50-42)46-43(38)35-13-4-7-18-40(35)49-46/h1-27H. The van der Waals surface area contributed by atoms with Gasteiger partial charge in [0.15, 0.2) is 5.58 Å². The molecule has 0 saturated heterocycles. The number of furan rings is 2. The molecule has 0 fully saturated rings. The third kappa shape index (κ3) is 4.03. The van der Waals surface area contributed by atoms with E-state index in [4.69, 9.17) is 8.83 Å². The summed E-state index contributed by atoms with van der Waals surface area (Å²) in [6.07, 6.45) is 0. The second-order valence-electron chi connectivity index (χ2n) is 12.9. The van der Waals surface area contributed by atoms with Crippen LogP contribution >= 0.6 is 11.3 Å². The molecule has 0 atom stereocenters. The topological polar surface area (TPSA) is 29.5 Å². The van der Waals surface area contributed by atoms with Gasteiger partial charge >= 0.3 is 0 Å². The number of thiophene rings is 1. The van der Waals surface area contributed by atoms with Gasteiger partial charge in [0.05, 0.1) is 16.8 Å². The molecule has 234 valence electrons. The van der Waals surface area contributed by atoms with Crippen LogP contribution in [0.5, 0.6) is 0 Å². The summed E-state index contributed by atoms with van der Waals surface area (Å²) >= 11 is 1.81. The average molecular weight is 658 g/mol. The van der Waals surface area contributed by atoms with Crippen LogP contribution in [0.3, 0.4) is 0 Å². The van der Waals surface area contributed by atoms with Gasteiger partial charge in [-0.15, -0.1) is 11.3 Å². The number of hydrogen-bond donors (Lipinski definition) is 0. The van der Waals surface area contributed by atoms with Gasteiger partial charge in [0, 0.05) is 42.0 Å². The van der Waals surface area contributed by atoms with Crippen molar-refractivity contribution in [3.05, 3.63) is 164 Å². The van der Waals surface area contributed by atoms with Crippen molar-refractivity contribution in [2.45, 2.75) is 0 Å². The molecule has 3 aromatic heterocycles. The van der Waals surface area contributed by atoms with Crippen LogP contribution in [0.25, 0.3) is 85.9 Å². The van der Waals surface area contributed by atoms with E-state index in [9.17, 15) is 0 Å². The average Bonchev–Trinajstić information content (AvgIpc) is 3.87. The monoisotopic (exact) mass is 657 g/mol. The maximum Gasteiger partial charge on any atom is 0.159 e. The Kier molecular flexibility index (Phi) is 5.83. The molecular formula is C46H27NO2S. The summed E-state index contributed by atoms with van der Waals surface area (Å²) in [7, 11) is 0. The zero-order valence-corrected chi connectivity index (χ0v) is 27.6. The van der Waals surface area contributed by atoms with Crippen molar-refractivity contribution >= 4 is 103 Å². The minimum Gasteiger partial charge on any atom is -0.455 e. The fourth-order valence-electron chi connectivity index (χ4n) is 7.74. The lowest BCUT2D eigenvalue weighted by Gasteiger charge is -2.26. The van der Waals surface area contributed by atoms with E-state index in [1.54, 1.807) is 11.3 Å². The number of benzene rings is 8. The number of hydrogen-bond acceptors (Lipinski definition) is 4. The van der Waals surface area contributed by atoms with E-state index in [1.807, 2.05) is 18.2 Å². The summed E-state index contributed by atoms with van der Waals surface area (Å²) < 4.78 is 15.9. The van der Waals surface area contributed by atoms with Crippen molar-refractivity contribution in [2.24, 2.45) is 0 Å². The van der Waals surface area contributed by atoms with Gasteiger partial charge in [0.25, 0.3) is 0 Å². The Balaban J connectivity index is 1.22. The summed E-state index contributed by atoms with van der Waals surface area (Å²) in [5.74, 6) is 0. The lowest BCUT2D eigenvalue weighted by atomic mass is 10.00. The van der Waals surface area contributed by atoms with E-state index in [0.717, 1.165) is 66.3 Å². The number of para-hydroxylation sites is 3. The van der Waals surface area contributed by atoms with E-state index in [1.165, 1.54) is 36.7 Å². The van der Waals surface area contributed by atoms with Gasteiger partial charge in [0.1, 0.15) is 16.7 Å². The minimum atomic E-state index is 0.852. The molecule has 0 aliphatic heterocycles. The number of anilines is 3. The highest BCUT2D eigenvalue weighted by molar-refractivity contribution is 7.26. The first kappa shape index (κ1) is 27.6. The van der Waals surface area contributed by atoms with E-state index < -0.39 is 0 Å². The van der Waals surface area contributed by atoms with Crippen LogP contribution in [0.4, 0.5) is 17.1 Å².